The van der Waals surface area contributed by atoms with E-state index in [1.807, 2.05) is 52.0 Å². The van der Waals surface area contributed by atoms with Gasteiger partial charge in [0.25, 0.3) is 0 Å². The Kier molecular flexibility index (Phi) is 4.56. The van der Waals surface area contributed by atoms with Gasteiger partial charge in [-0.2, -0.15) is 0 Å². The summed E-state index contributed by atoms with van der Waals surface area (Å²) in [4.78, 5) is 0. The molecule has 130 valence electrons. The summed E-state index contributed by atoms with van der Waals surface area (Å²) < 4.78 is 39.4. The zero-order chi connectivity index (χ0) is 18.2. The summed E-state index contributed by atoms with van der Waals surface area (Å²) in [6, 6.07) is 13.5. The van der Waals surface area contributed by atoms with Gasteiger partial charge < -0.3 is 9.31 Å². The van der Waals surface area contributed by atoms with Crippen molar-refractivity contribution < 1.29 is 18.1 Å². The van der Waals surface area contributed by atoms with Gasteiger partial charge in [-0.15, -0.1) is 0 Å². The second kappa shape index (κ2) is 6.39. The Morgan fingerprint density at radius 2 is 1.48 bits per heavy atom. The van der Waals surface area contributed by atoms with Crippen molar-refractivity contribution in [1.82, 2.24) is 0 Å². The summed E-state index contributed by atoms with van der Waals surface area (Å²) in [5.74, 6) is -0.305. The maximum Gasteiger partial charge on any atom is 0.525 e. The summed E-state index contributed by atoms with van der Waals surface area (Å²) in [6.45, 7) is 7.53. The molecule has 1 heterocycles. The molecule has 5 heteroatoms. The van der Waals surface area contributed by atoms with Crippen LogP contribution < -0.4 is 0 Å². The third-order valence-corrected chi connectivity index (χ3v) is 4.89. The SMILES string of the molecule is CC1(C)OB(C(F)=Cc2ccccc2-c2ccc(F)cc2)OC1(C)C. The Hall–Kier alpha value is -1.98. The number of rotatable bonds is 3. The lowest BCUT2D eigenvalue weighted by Crippen LogP contribution is -2.41. The van der Waals surface area contributed by atoms with Crippen LogP contribution in [0.15, 0.2) is 54.3 Å². The normalized spacial score (nSPS) is 19.3. The molecule has 0 amide bonds. The van der Waals surface area contributed by atoms with Gasteiger partial charge in [0.2, 0.25) is 0 Å². The lowest BCUT2D eigenvalue weighted by atomic mass is 9.86. The van der Waals surface area contributed by atoms with Gasteiger partial charge in [0.1, 0.15) is 11.5 Å². The fourth-order valence-electron chi connectivity index (χ4n) is 2.69. The molecule has 0 bridgehead atoms. The van der Waals surface area contributed by atoms with E-state index in [0.29, 0.717) is 5.56 Å². The van der Waals surface area contributed by atoms with Crippen LogP contribution in [0.2, 0.25) is 0 Å². The third-order valence-electron chi connectivity index (χ3n) is 4.89. The molecule has 25 heavy (non-hydrogen) atoms. The van der Waals surface area contributed by atoms with E-state index in [1.165, 1.54) is 18.2 Å². The Morgan fingerprint density at radius 1 is 0.920 bits per heavy atom. The summed E-state index contributed by atoms with van der Waals surface area (Å²) in [5.41, 5.74) is 0.622. The van der Waals surface area contributed by atoms with E-state index in [4.69, 9.17) is 9.31 Å². The first-order valence-corrected chi connectivity index (χ1v) is 8.27. The van der Waals surface area contributed by atoms with E-state index in [-0.39, 0.29) is 5.82 Å². The molecular formula is C20H21BF2O2. The zero-order valence-electron chi connectivity index (χ0n) is 14.8. The van der Waals surface area contributed by atoms with Crippen LogP contribution >= 0.6 is 0 Å². The average Bonchev–Trinajstić information content (AvgIpc) is 2.77. The molecule has 1 saturated heterocycles. The summed E-state index contributed by atoms with van der Waals surface area (Å²) in [7, 11) is -1.04. The van der Waals surface area contributed by atoms with E-state index in [0.717, 1.165) is 11.1 Å². The lowest BCUT2D eigenvalue weighted by molar-refractivity contribution is 0.00578. The standard InChI is InChI=1S/C20H21BF2O2/c1-19(2)20(3,4)25-21(24-19)18(23)13-15-7-5-6-8-17(15)14-9-11-16(22)12-10-14/h5-13H,1-4H3. The topological polar surface area (TPSA) is 18.5 Å². The molecule has 2 nitrogen and oxygen atoms in total. The van der Waals surface area contributed by atoms with E-state index in [2.05, 4.69) is 0 Å². The van der Waals surface area contributed by atoms with Crippen molar-refractivity contribution in [2.75, 3.05) is 0 Å². The van der Waals surface area contributed by atoms with Crippen LogP contribution in [0.4, 0.5) is 8.78 Å². The highest BCUT2D eigenvalue weighted by atomic mass is 19.1. The molecule has 1 aliphatic rings. The quantitative estimate of drug-likeness (QED) is 0.692. The van der Waals surface area contributed by atoms with Crippen molar-refractivity contribution in [3.8, 4) is 11.1 Å². The smallest absolute Gasteiger partial charge is 0.398 e. The number of hydrogen-bond acceptors (Lipinski definition) is 2. The Bertz CT molecular complexity index is 782. The molecule has 0 spiro atoms. The minimum Gasteiger partial charge on any atom is -0.398 e. The van der Waals surface area contributed by atoms with Crippen LogP contribution in [0.1, 0.15) is 33.3 Å². The number of benzene rings is 2. The molecular weight excluding hydrogens is 321 g/mol. The van der Waals surface area contributed by atoms with Gasteiger partial charge in [0, 0.05) is 0 Å². The first-order valence-electron chi connectivity index (χ1n) is 8.27. The summed E-state index contributed by atoms with van der Waals surface area (Å²) >= 11 is 0. The first kappa shape index (κ1) is 17.8. The molecule has 0 aliphatic carbocycles. The second-order valence-corrected chi connectivity index (χ2v) is 7.21. The van der Waals surface area contributed by atoms with Gasteiger partial charge in [-0.3, -0.25) is 0 Å². The second-order valence-electron chi connectivity index (χ2n) is 7.21. The highest BCUT2D eigenvalue weighted by Gasteiger charge is 2.53. The van der Waals surface area contributed by atoms with E-state index in [1.54, 1.807) is 12.1 Å². The lowest BCUT2D eigenvalue weighted by Gasteiger charge is -2.32. The highest BCUT2D eigenvalue weighted by Crippen LogP contribution is 2.39. The minimum atomic E-state index is -1.04. The van der Waals surface area contributed by atoms with Crippen LogP contribution in [0.25, 0.3) is 17.2 Å². The predicted octanol–water partition coefficient (Wildman–Crippen LogP) is 5.43. The Labute approximate surface area is 147 Å². The Balaban J connectivity index is 1.93. The monoisotopic (exact) mass is 342 g/mol. The maximum absolute atomic E-state index is 14.8. The highest BCUT2D eigenvalue weighted by molar-refractivity contribution is 6.54. The minimum absolute atomic E-state index is 0.305. The van der Waals surface area contributed by atoms with E-state index in [9.17, 15) is 8.78 Å². The van der Waals surface area contributed by atoms with Gasteiger partial charge in [-0.25, -0.2) is 8.78 Å². The molecule has 2 aromatic carbocycles. The molecule has 2 aromatic rings. The number of hydrogen-bond donors (Lipinski definition) is 0. The van der Waals surface area contributed by atoms with Crippen LogP contribution in [-0.2, 0) is 9.31 Å². The van der Waals surface area contributed by atoms with Crippen LogP contribution in [-0.4, -0.2) is 18.3 Å². The molecule has 3 rings (SSSR count). The van der Waals surface area contributed by atoms with Crippen molar-refractivity contribution in [1.29, 1.82) is 0 Å². The van der Waals surface area contributed by atoms with Gasteiger partial charge >= 0.3 is 7.12 Å². The van der Waals surface area contributed by atoms with Crippen molar-refractivity contribution in [2.45, 2.75) is 38.9 Å². The molecule has 0 aromatic heterocycles. The first-order chi connectivity index (χ1) is 11.7. The molecule has 0 radical (unpaired) electrons. The van der Waals surface area contributed by atoms with E-state index < -0.39 is 24.0 Å². The molecule has 0 N–H and O–H groups in total. The fraction of sp³-hybridized carbons (Fsp3) is 0.300. The largest absolute Gasteiger partial charge is 0.525 e. The predicted molar refractivity (Wildman–Crippen MR) is 97.0 cm³/mol. The van der Waals surface area contributed by atoms with E-state index >= 15 is 0 Å². The van der Waals surface area contributed by atoms with Crippen LogP contribution in [0.5, 0.6) is 0 Å². The molecule has 0 unspecified atom stereocenters. The third kappa shape index (κ3) is 3.53. The molecule has 1 aliphatic heterocycles. The molecule has 0 saturated carbocycles. The summed E-state index contributed by atoms with van der Waals surface area (Å²) in [5, 5.41) is 0. The fourth-order valence-corrected chi connectivity index (χ4v) is 2.69. The van der Waals surface area contributed by atoms with Crippen molar-refractivity contribution in [3.63, 3.8) is 0 Å². The number of halogens is 2. The average molecular weight is 342 g/mol. The Morgan fingerprint density at radius 3 is 2.08 bits per heavy atom. The van der Waals surface area contributed by atoms with Gasteiger partial charge in [-0.1, -0.05) is 36.4 Å². The van der Waals surface area contributed by atoms with Crippen molar-refractivity contribution in [3.05, 3.63) is 65.6 Å². The molecule has 0 atom stereocenters. The molecule has 1 fully saturated rings. The zero-order valence-corrected chi connectivity index (χ0v) is 14.8. The van der Waals surface area contributed by atoms with Crippen molar-refractivity contribution >= 4 is 13.2 Å². The van der Waals surface area contributed by atoms with Crippen LogP contribution in [0.3, 0.4) is 0 Å². The van der Waals surface area contributed by atoms with Crippen molar-refractivity contribution in [2.24, 2.45) is 0 Å². The maximum atomic E-state index is 14.8. The summed E-state index contributed by atoms with van der Waals surface area (Å²) in [6.07, 6.45) is 1.42. The van der Waals surface area contributed by atoms with Crippen LogP contribution in [0, 0.1) is 5.82 Å². The van der Waals surface area contributed by atoms with Gasteiger partial charge in [-0.05, 0) is 62.6 Å². The van der Waals surface area contributed by atoms with Gasteiger partial charge in [0.15, 0.2) is 0 Å². The van der Waals surface area contributed by atoms with Gasteiger partial charge in [0.05, 0.1) is 11.2 Å².